The third-order valence-electron chi connectivity index (χ3n) is 4.54. The molecule has 3 aromatic carbocycles. The first-order valence-corrected chi connectivity index (χ1v) is 10.1. The van der Waals surface area contributed by atoms with E-state index in [-0.39, 0.29) is 37.0 Å². The zero-order valence-corrected chi connectivity index (χ0v) is 17.1. The van der Waals surface area contributed by atoms with E-state index in [9.17, 15) is 14.4 Å². The van der Waals surface area contributed by atoms with E-state index < -0.39 is 6.29 Å². The molecule has 3 N–H and O–H groups in total. The minimum Gasteiger partial charge on any atom is -0.319 e. The first-order chi connectivity index (χ1) is 15.1. The van der Waals surface area contributed by atoms with Crippen molar-refractivity contribution >= 4 is 17.7 Å². The maximum atomic E-state index is 12.5. The minimum absolute atomic E-state index is 0.139. The second-order valence-electron chi connectivity index (χ2n) is 7.12. The van der Waals surface area contributed by atoms with Crippen LogP contribution in [0.25, 0.3) is 0 Å². The molecule has 6 heteroatoms. The van der Waals surface area contributed by atoms with Crippen LogP contribution in [-0.4, -0.2) is 24.0 Å². The highest BCUT2D eigenvalue weighted by Crippen LogP contribution is 2.02. The molecule has 0 radical (unpaired) electrons. The van der Waals surface area contributed by atoms with Crippen molar-refractivity contribution in [2.45, 2.75) is 25.6 Å². The van der Waals surface area contributed by atoms with Gasteiger partial charge in [-0.2, -0.15) is 0 Å². The minimum atomic E-state index is -1.01. The molecule has 0 unspecified atom stereocenters. The monoisotopic (exact) mass is 415 g/mol. The van der Waals surface area contributed by atoms with Crippen LogP contribution in [0, 0.1) is 0 Å². The SMILES string of the molecule is O=C(Cc1ccccc1)NC(NC(=O)Cc1ccccc1)NC(=O)Cc1ccccc1. The van der Waals surface area contributed by atoms with E-state index >= 15 is 0 Å². The standard InChI is InChI=1S/C25H25N3O3/c29-22(16-19-10-4-1-5-11-19)26-25(27-23(30)17-20-12-6-2-7-13-20)28-24(31)18-21-14-8-3-9-15-21/h1-15,25H,16-18H2,(H,26,29)(H,27,30)(H,28,31). The predicted molar refractivity (Wildman–Crippen MR) is 119 cm³/mol. The molecule has 0 bridgehead atoms. The van der Waals surface area contributed by atoms with Crippen molar-refractivity contribution in [3.63, 3.8) is 0 Å². The highest BCUT2D eigenvalue weighted by atomic mass is 16.2. The van der Waals surface area contributed by atoms with Gasteiger partial charge in [0.2, 0.25) is 17.7 Å². The van der Waals surface area contributed by atoms with Gasteiger partial charge in [-0.3, -0.25) is 14.4 Å². The lowest BCUT2D eigenvalue weighted by Crippen LogP contribution is -2.59. The van der Waals surface area contributed by atoms with Crippen LogP contribution in [0.3, 0.4) is 0 Å². The zero-order chi connectivity index (χ0) is 21.9. The van der Waals surface area contributed by atoms with Crippen molar-refractivity contribution in [2.75, 3.05) is 0 Å². The maximum absolute atomic E-state index is 12.5. The van der Waals surface area contributed by atoms with Crippen LogP contribution in [0.2, 0.25) is 0 Å². The molecule has 0 atom stereocenters. The van der Waals surface area contributed by atoms with Gasteiger partial charge in [0.25, 0.3) is 0 Å². The van der Waals surface area contributed by atoms with E-state index in [2.05, 4.69) is 16.0 Å². The van der Waals surface area contributed by atoms with Gasteiger partial charge in [0.15, 0.2) is 6.29 Å². The number of amides is 3. The third kappa shape index (κ3) is 7.78. The maximum Gasteiger partial charge on any atom is 0.227 e. The Labute approximate surface area is 181 Å². The van der Waals surface area contributed by atoms with Crippen molar-refractivity contribution in [1.29, 1.82) is 0 Å². The molecule has 0 saturated heterocycles. The second-order valence-corrected chi connectivity index (χ2v) is 7.12. The molecule has 0 aliphatic carbocycles. The van der Waals surface area contributed by atoms with Gasteiger partial charge in [0, 0.05) is 0 Å². The fraction of sp³-hybridized carbons (Fsp3) is 0.160. The van der Waals surface area contributed by atoms with E-state index in [1.54, 1.807) is 0 Å². The van der Waals surface area contributed by atoms with Gasteiger partial charge in [-0.05, 0) is 16.7 Å². The summed E-state index contributed by atoms with van der Waals surface area (Å²) in [4.78, 5) is 37.5. The first kappa shape index (κ1) is 21.8. The smallest absolute Gasteiger partial charge is 0.227 e. The normalized spacial score (nSPS) is 10.4. The fourth-order valence-corrected chi connectivity index (χ4v) is 3.09. The molecule has 0 spiro atoms. The van der Waals surface area contributed by atoms with Crippen LogP contribution in [0.15, 0.2) is 91.0 Å². The fourth-order valence-electron chi connectivity index (χ4n) is 3.09. The summed E-state index contributed by atoms with van der Waals surface area (Å²) < 4.78 is 0. The van der Waals surface area contributed by atoms with Crippen LogP contribution in [0.5, 0.6) is 0 Å². The Bertz CT molecular complexity index is 860. The van der Waals surface area contributed by atoms with Crippen LogP contribution in [0.1, 0.15) is 16.7 Å². The lowest BCUT2D eigenvalue weighted by molar-refractivity contribution is -0.126. The lowest BCUT2D eigenvalue weighted by atomic mass is 10.1. The molecule has 6 nitrogen and oxygen atoms in total. The molecular formula is C25H25N3O3. The number of benzene rings is 3. The topological polar surface area (TPSA) is 87.3 Å². The zero-order valence-electron chi connectivity index (χ0n) is 17.1. The Morgan fingerprint density at radius 1 is 0.484 bits per heavy atom. The molecule has 31 heavy (non-hydrogen) atoms. The van der Waals surface area contributed by atoms with E-state index in [4.69, 9.17) is 0 Å². The van der Waals surface area contributed by atoms with Gasteiger partial charge in [0.1, 0.15) is 0 Å². The number of nitrogens with one attached hydrogen (secondary N) is 3. The summed E-state index contributed by atoms with van der Waals surface area (Å²) in [6.07, 6.45) is -0.593. The highest BCUT2D eigenvalue weighted by Gasteiger charge is 2.18. The number of hydrogen-bond donors (Lipinski definition) is 3. The molecule has 0 aromatic heterocycles. The number of carbonyl (C=O) groups is 3. The van der Waals surface area contributed by atoms with Gasteiger partial charge in [0.05, 0.1) is 19.3 Å². The number of hydrogen-bond acceptors (Lipinski definition) is 3. The third-order valence-corrected chi connectivity index (χ3v) is 4.54. The van der Waals surface area contributed by atoms with Gasteiger partial charge in [-0.15, -0.1) is 0 Å². The Morgan fingerprint density at radius 3 is 1.00 bits per heavy atom. The summed E-state index contributed by atoms with van der Waals surface area (Å²) in [5.74, 6) is -0.927. The van der Waals surface area contributed by atoms with Crippen LogP contribution in [-0.2, 0) is 33.6 Å². The average Bonchev–Trinajstić information content (AvgIpc) is 2.75. The van der Waals surface area contributed by atoms with E-state index in [1.807, 2.05) is 91.0 Å². The quantitative estimate of drug-likeness (QED) is 0.469. The summed E-state index contributed by atoms with van der Waals surface area (Å²) in [7, 11) is 0. The number of carbonyl (C=O) groups excluding carboxylic acids is 3. The summed E-state index contributed by atoms with van der Waals surface area (Å²) in [6.45, 7) is 0. The summed E-state index contributed by atoms with van der Waals surface area (Å²) in [6, 6.07) is 27.8. The molecule has 158 valence electrons. The first-order valence-electron chi connectivity index (χ1n) is 10.1. The lowest BCUT2D eigenvalue weighted by Gasteiger charge is -2.22. The van der Waals surface area contributed by atoms with Crippen LogP contribution < -0.4 is 16.0 Å². The Kier molecular flexibility index (Phi) is 7.94. The molecule has 3 aromatic rings. The summed E-state index contributed by atoms with van der Waals surface area (Å²) >= 11 is 0. The van der Waals surface area contributed by atoms with Crippen LogP contribution in [0.4, 0.5) is 0 Å². The molecule has 0 saturated carbocycles. The van der Waals surface area contributed by atoms with Crippen molar-refractivity contribution in [3.8, 4) is 0 Å². The molecule has 3 amide bonds. The largest absolute Gasteiger partial charge is 0.319 e. The van der Waals surface area contributed by atoms with Crippen molar-refractivity contribution in [3.05, 3.63) is 108 Å². The van der Waals surface area contributed by atoms with E-state index in [0.717, 1.165) is 16.7 Å². The molecule has 0 aliphatic rings. The Hall–Kier alpha value is -3.93. The molecule has 3 rings (SSSR count). The van der Waals surface area contributed by atoms with Crippen molar-refractivity contribution in [1.82, 2.24) is 16.0 Å². The Balaban J connectivity index is 1.62. The summed E-state index contributed by atoms with van der Waals surface area (Å²) in [5.41, 5.74) is 2.51. The second kappa shape index (κ2) is 11.3. The highest BCUT2D eigenvalue weighted by molar-refractivity contribution is 5.84. The van der Waals surface area contributed by atoms with Gasteiger partial charge >= 0.3 is 0 Å². The van der Waals surface area contributed by atoms with Gasteiger partial charge in [-0.1, -0.05) is 91.0 Å². The van der Waals surface area contributed by atoms with Crippen molar-refractivity contribution in [2.24, 2.45) is 0 Å². The van der Waals surface area contributed by atoms with E-state index in [1.165, 1.54) is 0 Å². The predicted octanol–water partition coefficient (Wildman–Crippen LogP) is 2.35. The van der Waals surface area contributed by atoms with Crippen molar-refractivity contribution < 1.29 is 14.4 Å². The van der Waals surface area contributed by atoms with E-state index in [0.29, 0.717) is 0 Å². The van der Waals surface area contributed by atoms with Gasteiger partial charge < -0.3 is 16.0 Å². The molecule has 0 fully saturated rings. The summed E-state index contributed by atoms with van der Waals surface area (Å²) in [5, 5.41) is 8.09. The molecule has 0 aliphatic heterocycles. The average molecular weight is 415 g/mol. The number of rotatable bonds is 9. The molecule has 0 heterocycles. The Morgan fingerprint density at radius 2 is 0.742 bits per heavy atom. The van der Waals surface area contributed by atoms with Crippen LogP contribution >= 0.6 is 0 Å². The molecular weight excluding hydrogens is 390 g/mol. The van der Waals surface area contributed by atoms with Gasteiger partial charge in [-0.25, -0.2) is 0 Å².